The van der Waals surface area contributed by atoms with Gasteiger partial charge in [-0.1, -0.05) is 18.2 Å². The molecule has 1 rings (SSSR count). The zero-order chi connectivity index (χ0) is 12.0. The van der Waals surface area contributed by atoms with Crippen LogP contribution in [0.5, 0.6) is 5.75 Å². The summed E-state index contributed by atoms with van der Waals surface area (Å²) in [6, 6.07) is 7.93. The molecule has 0 aliphatic heterocycles. The summed E-state index contributed by atoms with van der Waals surface area (Å²) >= 11 is 0. The van der Waals surface area contributed by atoms with Crippen molar-refractivity contribution in [2.45, 2.75) is 32.8 Å². The molecule has 0 radical (unpaired) electrons. The first-order chi connectivity index (χ1) is 7.51. The number of aldehydes is 1. The smallest absolute Gasteiger partial charge is 0.142 e. The molecule has 0 N–H and O–H groups in total. The molecule has 0 fully saturated rings. The second-order valence-electron chi connectivity index (χ2n) is 4.63. The van der Waals surface area contributed by atoms with Crippen LogP contribution in [-0.2, 0) is 11.2 Å². The number of benzene rings is 1. The van der Waals surface area contributed by atoms with E-state index in [9.17, 15) is 4.79 Å². The van der Waals surface area contributed by atoms with E-state index in [-0.39, 0.29) is 5.60 Å². The predicted molar refractivity (Wildman–Crippen MR) is 65.7 cm³/mol. The Kier molecular flexibility index (Phi) is 4.29. The van der Waals surface area contributed by atoms with E-state index in [0.29, 0.717) is 0 Å². The summed E-state index contributed by atoms with van der Waals surface area (Å²) in [6.45, 7) is 6.06. The van der Waals surface area contributed by atoms with E-state index in [4.69, 9.17) is 4.74 Å². The molecule has 0 heterocycles. The Balaban J connectivity index is 2.71. The van der Waals surface area contributed by atoms with Crippen molar-refractivity contribution in [3.05, 3.63) is 42.0 Å². The number of allylic oxidation sites excluding steroid dienone is 2. The number of ether oxygens (including phenoxy) is 1. The molecule has 0 aliphatic carbocycles. The highest BCUT2D eigenvalue weighted by Gasteiger charge is 2.11. The summed E-state index contributed by atoms with van der Waals surface area (Å²) < 4.78 is 5.76. The second kappa shape index (κ2) is 5.50. The van der Waals surface area contributed by atoms with Gasteiger partial charge in [-0.05, 0) is 51.0 Å². The monoisotopic (exact) mass is 218 g/mol. The van der Waals surface area contributed by atoms with Gasteiger partial charge in [-0.15, -0.1) is 0 Å². The van der Waals surface area contributed by atoms with E-state index in [0.717, 1.165) is 24.0 Å². The van der Waals surface area contributed by atoms with Crippen molar-refractivity contribution in [2.75, 3.05) is 0 Å². The summed E-state index contributed by atoms with van der Waals surface area (Å²) in [4.78, 5) is 10.1. The lowest BCUT2D eigenvalue weighted by Crippen LogP contribution is -2.22. The average Bonchev–Trinajstić information content (AvgIpc) is 2.16. The fourth-order valence-electron chi connectivity index (χ4n) is 1.35. The Morgan fingerprint density at radius 1 is 1.31 bits per heavy atom. The van der Waals surface area contributed by atoms with Crippen LogP contribution in [0.1, 0.15) is 26.3 Å². The van der Waals surface area contributed by atoms with Crippen molar-refractivity contribution in [3.63, 3.8) is 0 Å². The number of rotatable bonds is 4. The van der Waals surface area contributed by atoms with Gasteiger partial charge in [0.25, 0.3) is 0 Å². The number of carbonyl (C=O) groups is 1. The summed E-state index contributed by atoms with van der Waals surface area (Å²) in [7, 11) is 0. The number of carbonyl (C=O) groups excluding carboxylic acids is 1. The molecule has 0 aromatic heterocycles. The molecule has 86 valence electrons. The molecule has 0 spiro atoms. The minimum atomic E-state index is -0.183. The minimum Gasteiger partial charge on any atom is -0.488 e. The topological polar surface area (TPSA) is 26.3 Å². The van der Waals surface area contributed by atoms with Gasteiger partial charge in [-0.3, -0.25) is 4.79 Å². The van der Waals surface area contributed by atoms with Gasteiger partial charge in [0, 0.05) is 0 Å². The maximum Gasteiger partial charge on any atom is 0.142 e. The molecule has 1 aromatic carbocycles. The lowest BCUT2D eigenvalue weighted by molar-refractivity contribution is -0.104. The molecule has 0 bridgehead atoms. The van der Waals surface area contributed by atoms with Gasteiger partial charge in [-0.2, -0.15) is 0 Å². The van der Waals surface area contributed by atoms with Crippen LogP contribution < -0.4 is 4.74 Å². The van der Waals surface area contributed by atoms with E-state index >= 15 is 0 Å². The molecule has 2 nitrogen and oxygen atoms in total. The summed E-state index contributed by atoms with van der Waals surface area (Å²) in [5, 5.41) is 0. The van der Waals surface area contributed by atoms with Crippen LogP contribution in [0.25, 0.3) is 0 Å². The van der Waals surface area contributed by atoms with Crippen LogP contribution in [0.2, 0.25) is 0 Å². The molecular formula is C14H18O2. The molecule has 0 aliphatic rings. The first-order valence-corrected chi connectivity index (χ1v) is 5.39. The van der Waals surface area contributed by atoms with Gasteiger partial charge in [0.1, 0.15) is 17.6 Å². The third-order valence-corrected chi connectivity index (χ3v) is 1.89. The van der Waals surface area contributed by atoms with Crippen LogP contribution in [0.15, 0.2) is 36.4 Å². The van der Waals surface area contributed by atoms with E-state index in [1.807, 2.05) is 51.1 Å². The molecule has 1 aromatic rings. The number of hydrogen-bond acceptors (Lipinski definition) is 2. The quantitative estimate of drug-likeness (QED) is 0.573. The lowest BCUT2D eigenvalue weighted by Gasteiger charge is -2.21. The lowest BCUT2D eigenvalue weighted by atomic mass is 10.1. The van der Waals surface area contributed by atoms with Gasteiger partial charge < -0.3 is 4.74 Å². The highest BCUT2D eigenvalue weighted by atomic mass is 16.5. The van der Waals surface area contributed by atoms with Crippen LogP contribution in [0.3, 0.4) is 0 Å². The molecule has 0 atom stereocenters. The molecular weight excluding hydrogens is 200 g/mol. The van der Waals surface area contributed by atoms with Crippen molar-refractivity contribution in [1.29, 1.82) is 0 Å². The van der Waals surface area contributed by atoms with E-state index in [1.54, 1.807) is 0 Å². The normalized spacial score (nSPS) is 11.7. The zero-order valence-corrected chi connectivity index (χ0v) is 10.1. The highest BCUT2D eigenvalue weighted by molar-refractivity contribution is 5.64. The maximum absolute atomic E-state index is 10.1. The fourth-order valence-corrected chi connectivity index (χ4v) is 1.35. The van der Waals surface area contributed by atoms with Crippen LogP contribution >= 0.6 is 0 Å². The third kappa shape index (κ3) is 4.78. The standard InChI is InChI=1S/C14H18O2/c1-14(2,3)16-13-9-6-8-12(11-13)7-4-5-10-15/h4-6,8-11H,7H2,1-3H3/b5-4+. The predicted octanol–water partition coefficient (Wildman–Crippen LogP) is 3.16. The molecule has 0 saturated carbocycles. The van der Waals surface area contributed by atoms with Crippen LogP contribution in [0.4, 0.5) is 0 Å². The largest absolute Gasteiger partial charge is 0.488 e. The van der Waals surface area contributed by atoms with E-state index < -0.39 is 0 Å². The summed E-state index contributed by atoms with van der Waals surface area (Å²) in [5.41, 5.74) is 0.955. The zero-order valence-electron chi connectivity index (χ0n) is 10.1. The van der Waals surface area contributed by atoms with Crippen molar-refractivity contribution in [2.24, 2.45) is 0 Å². The summed E-state index contributed by atoms with van der Waals surface area (Å²) in [5.74, 6) is 0.865. The van der Waals surface area contributed by atoms with Crippen LogP contribution in [-0.4, -0.2) is 11.9 Å². The van der Waals surface area contributed by atoms with E-state index in [2.05, 4.69) is 0 Å². The second-order valence-corrected chi connectivity index (χ2v) is 4.63. The SMILES string of the molecule is CC(C)(C)Oc1cccc(C/C=C/C=O)c1. The van der Waals surface area contributed by atoms with Gasteiger partial charge in [0.15, 0.2) is 0 Å². The Morgan fingerprint density at radius 3 is 2.69 bits per heavy atom. The maximum atomic E-state index is 10.1. The first-order valence-electron chi connectivity index (χ1n) is 5.39. The third-order valence-electron chi connectivity index (χ3n) is 1.89. The minimum absolute atomic E-state index is 0.183. The van der Waals surface area contributed by atoms with Gasteiger partial charge in [0.2, 0.25) is 0 Å². The van der Waals surface area contributed by atoms with Crippen molar-refractivity contribution in [1.82, 2.24) is 0 Å². The van der Waals surface area contributed by atoms with Gasteiger partial charge in [-0.25, -0.2) is 0 Å². The number of hydrogen-bond donors (Lipinski definition) is 0. The fraction of sp³-hybridized carbons (Fsp3) is 0.357. The first kappa shape index (κ1) is 12.5. The molecule has 0 saturated heterocycles. The summed E-state index contributed by atoms with van der Waals surface area (Å²) in [6.07, 6.45) is 4.88. The molecule has 16 heavy (non-hydrogen) atoms. The van der Waals surface area contributed by atoms with E-state index in [1.165, 1.54) is 6.08 Å². The molecule has 0 amide bonds. The van der Waals surface area contributed by atoms with Crippen molar-refractivity contribution >= 4 is 6.29 Å². The van der Waals surface area contributed by atoms with Crippen molar-refractivity contribution < 1.29 is 9.53 Å². The molecule has 2 heteroatoms. The van der Waals surface area contributed by atoms with Crippen molar-refractivity contribution in [3.8, 4) is 5.75 Å². The van der Waals surface area contributed by atoms with Gasteiger partial charge in [0.05, 0.1) is 0 Å². The van der Waals surface area contributed by atoms with Crippen LogP contribution in [0, 0.1) is 0 Å². The Bertz CT molecular complexity index is 373. The highest BCUT2D eigenvalue weighted by Crippen LogP contribution is 2.19. The average molecular weight is 218 g/mol. The Morgan fingerprint density at radius 2 is 2.06 bits per heavy atom. The molecule has 0 unspecified atom stereocenters. The Labute approximate surface area is 96.9 Å². The Hall–Kier alpha value is -1.57. The van der Waals surface area contributed by atoms with Gasteiger partial charge >= 0.3 is 0 Å².